The molecule has 0 aliphatic rings. The van der Waals surface area contributed by atoms with Crippen molar-refractivity contribution in [3.63, 3.8) is 0 Å². The molecule has 0 nitrogen and oxygen atoms in total. The maximum absolute atomic E-state index is 2.26. The fourth-order valence-electron chi connectivity index (χ4n) is 0.539. The molecular formula is C8H15IZn-. The van der Waals surface area contributed by atoms with Gasteiger partial charge in [0, 0.05) is 19.5 Å². The molecule has 0 aromatic heterocycles. The predicted molar refractivity (Wildman–Crippen MR) is 38.6 cm³/mol. The summed E-state index contributed by atoms with van der Waals surface area (Å²) in [7, 11) is 0. The van der Waals surface area contributed by atoms with Gasteiger partial charge >= 0.3 is 0 Å². The van der Waals surface area contributed by atoms with Crippen LogP contribution in [0.5, 0.6) is 0 Å². The molecule has 10 heavy (non-hydrogen) atoms. The SMILES string of the molecule is C[CH]CCC=C(C)C.[I-].[Zn]. The van der Waals surface area contributed by atoms with E-state index in [2.05, 4.69) is 33.3 Å². The van der Waals surface area contributed by atoms with Crippen molar-refractivity contribution in [2.24, 2.45) is 0 Å². The molecule has 0 aromatic carbocycles. The first-order valence-corrected chi connectivity index (χ1v) is 3.18. The van der Waals surface area contributed by atoms with Gasteiger partial charge in [-0.05, 0) is 33.1 Å². The molecule has 0 spiro atoms. The normalized spacial score (nSPS) is 7.10. The molecule has 0 bridgehead atoms. The summed E-state index contributed by atoms with van der Waals surface area (Å²) < 4.78 is 0. The van der Waals surface area contributed by atoms with Crippen LogP contribution in [-0.2, 0) is 19.5 Å². The van der Waals surface area contributed by atoms with Crippen LogP contribution in [0.4, 0.5) is 0 Å². The molecule has 0 atom stereocenters. The van der Waals surface area contributed by atoms with Gasteiger partial charge in [-0.15, -0.1) is 0 Å². The average Bonchev–Trinajstić information content (AvgIpc) is 1.66. The largest absolute Gasteiger partial charge is 1.00 e. The van der Waals surface area contributed by atoms with E-state index in [-0.39, 0.29) is 43.5 Å². The summed E-state index contributed by atoms with van der Waals surface area (Å²) in [5.74, 6) is 0. The zero-order chi connectivity index (χ0) is 6.41. The second kappa shape index (κ2) is 12.7. The Morgan fingerprint density at radius 3 is 2.00 bits per heavy atom. The van der Waals surface area contributed by atoms with E-state index in [1.165, 1.54) is 18.4 Å². The molecule has 0 aromatic rings. The smallest absolute Gasteiger partial charge is 0 e. The first kappa shape index (κ1) is 17.3. The van der Waals surface area contributed by atoms with Crippen molar-refractivity contribution in [1.29, 1.82) is 0 Å². The third-order valence-electron chi connectivity index (χ3n) is 1.01. The maximum Gasteiger partial charge on any atom is 0 e. The molecule has 0 saturated carbocycles. The Morgan fingerprint density at radius 1 is 1.20 bits per heavy atom. The van der Waals surface area contributed by atoms with Crippen LogP contribution < -0.4 is 24.0 Å². The third-order valence-corrected chi connectivity index (χ3v) is 1.01. The Kier molecular flexibility index (Phi) is 22.0. The van der Waals surface area contributed by atoms with E-state index in [0.29, 0.717) is 0 Å². The summed E-state index contributed by atoms with van der Waals surface area (Å²) in [6.45, 7) is 6.37. The molecule has 0 saturated heterocycles. The van der Waals surface area contributed by atoms with E-state index in [1.807, 2.05) is 0 Å². The second-order valence-electron chi connectivity index (χ2n) is 2.27. The summed E-state index contributed by atoms with van der Waals surface area (Å²) in [4.78, 5) is 0. The van der Waals surface area contributed by atoms with Gasteiger partial charge in [0.15, 0.2) is 0 Å². The van der Waals surface area contributed by atoms with Crippen LogP contribution in [0.15, 0.2) is 11.6 Å². The quantitative estimate of drug-likeness (QED) is 0.297. The minimum Gasteiger partial charge on any atom is -1.00 e. The van der Waals surface area contributed by atoms with E-state index in [1.54, 1.807) is 0 Å². The van der Waals surface area contributed by atoms with Gasteiger partial charge in [-0.3, -0.25) is 0 Å². The Morgan fingerprint density at radius 2 is 1.70 bits per heavy atom. The average molecular weight is 304 g/mol. The zero-order valence-electron chi connectivity index (χ0n) is 7.15. The fourth-order valence-corrected chi connectivity index (χ4v) is 0.539. The Balaban J connectivity index is -0.000000245. The molecule has 1 radical (unpaired) electrons. The van der Waals surface area contributed by atoms with Gasteiger partial charge in [-0.2, -0.15) is 0 Å². The second-order valence-corrected chi connectivity index (χ2v) is 2.27. The maximum atomic E-state index is 2.26. The van der Waals surface area contributed by atoms with E-state index >= 15 is 0 Å². The first-order chi connectivity index (χ1) is 3.77. The topological polar surface area (TPSA) is 0 Å². The first-order valence-electron chi connectivity index (χ1n) is 3.18. The summed E-state index contributed by atoms with van der Waals surface area (Å²) in [6.07, 6.45) is 6.88. The molecule has 0 aliphatic heterocycles. The van der Waals surface area contributed by atoms with Gasteiger partial charge in [0.1, 0.15) is 0 Å². The van der Waals surface area contributed by atoms with Gasteiger partial charge in [0.2, 0.25) is 0 Å². The molecule has 0 fully saturated rings. The number of hydrogen-bond acceptors (Lipinski definition) is 0. The van der Waals surface area contributed by atoms with Gasteiger partial charge in [0.05, 0.1) is 0 Å². The molecule has 0 amide bonds. The number of allylic oxidation sites excluding steroid dienone is 2. The Hall–Kier alpha value is 1.09. The fraction of sp³-hybridized carbons (Fsp3) is 0.625. The van der Waals surface area contributed by atoms with Crippen LogP contribution >= 0.6 is 0 Å². The van der Waals surface area contributed by atoms with Crippen LogP contribution in [0.3, 0.4) is 0 Å². The van der Waals surface area contributed by atoms with Gasteiger partial charge in [0.25, 0.3) is 0 Å². The van der Waals surface area contributed by atoms with Crippen LogP contribution in [0.2, 0.25) is 0 Å². The van der Waals surface area contributed by atoms with Crippen LogP contribution in [0.1, 0.15) is 33.6 Å². The van der Waals surface area contributed by atoms with Gasteiger partial charge < -0.3 is 24.0 Å². The summed E-state index contributed by atoms with van der Waals surface area (Å²) in [5.41, 5.74) is 1.42. The molecule has 0 unspecified atom stereocenters. The third kappa shape index (κ3) is 16.0. The zero-order valence-corrected chi connectivity index (χ0v) is 12.3. The minimum absolute atomic E-state index is 0. The molecule has 57 valence electrons. The number of hydrogen-bond donors (Lipinski definition) is 0. The van der Waals surface area contributed by atoms with Crippen molar-refractivity contribution in [2.45, 2.75) is 33.6 Å². The van der Waals surface area contributed by atoms with E-state index < -0.39 is 0 Å². The standard InChI is InChI=1S/C8H15.HI.Zn/c1-4-5-6-7-8(2)3;;/h4,7H,5-6H2,1-3H3;1H;/p-1. The summed E-state index contributed by atoms with van der Waals surface area (Å²) in [5, 5.41) is 0. The number of rotatable bonds is 3. The number of halogens is 1. The number of unbranched alkanes of at least 4 members (excludes halogenated alkanes) is 2. The van der Waals surface area contributed by atoms with Gasteiger partial charge in [-0.1, -0.05) is 18.6 Å². The Bertz CT molecular complexity index is 75.3. The van der Waals surface area contributed by atoms with Crippen molar-refractivity contribution in [2.75, 3.05) is 0 Å². The van der Waals surface area contributed by atoms with Crippen molar-refractivity contribution in [3.05, 3.63) is 18.1 Å². The summed E-state index contributed by atoms with van der Waals surface area (Å²) in [6, 6.07) is 0. The molecule has 2 heteroatoms. The predicted octanol–water partition coefficient (Wildman–Crippen LogP) is -0.0415. The molecule has 0 aliphatic carbocycles. The van der Waals surface area contributed by atoms with E-state index in [4.69, 9.17) is 0 Å². The molecular weight excluding hydrogens is 288 g/mol. The molecule has 0 rings (SSSR count). The monoisotopic (exact) mass is 302 g/mol. The van der Waals surface area contributed by atoms with Crippen molar-refractivity contribution >= 4 is 0 Å². The van der Waals surface area contributed by atoms with Crippen LogP contribution in [0.25, 0.3) is 0 Å². The van der Waals surface area contributed by atoms with Crippen molar-refractivity contribution in [3.8, 4) is 0 Å². The van der Waals surface area contributed by atoms with Crippen molar-refractivity contribution < 1.29 is 43.5 Å². The van der Waals surface area contributed by atoms with Gasteiger partial charge in [-0.25, -0.2) is 0 Å². The molecule has 0 heterocycles. The van der Waals surface area contributed by atoms with E-state index in [9.17, 15) is 0 Å². The van der Waals surface area contributed by atoms with Crippen molar-refractivity contribution in [1.82, 2.24) is 0 Å². The van der Waals surface area contributed by atoms with Crippen LogP contribution in [-0.4, -0.2) is 0 Å². The van der Waals surface area contributed by atoms with Crippen LogP contribution in [0, 0.1) is 6.42 Å². The molecule has 0 N–H and O–H groups in total. The van der Waals surface area contributed by atoms with E-state index in [0.717, 1.165) is 0 Å². The summed E-state index contributed by atoms with van der Waals surface area (Å²) >= 11 is 0. The Labute approximate surface area is 94.6 Å². The minimum atomic E-state index is 0.